The van der Waals surface area contributed by atoms with Crippen molar-refractivity contribution in [3.63, 3.8) is 0 Å². The Morgan fingerprint density at radius 3 is 1.32 bits per heavy atom. The molecule has 2 fully saturated rings. The molecule has 2 aliphatic rings. The van der Waals surface area contributed by atoms with Crippen molar-refractivity contribution in [1.82, 2.24) is 0 Å². The van der Waals surface area contributed by atoms with Gasteiger partial charge in [0, 0.05) is 0 Å². The molecular formula is C28H34O12S. The Hall–Kier alpha value is -2.59. The fourth-order valence-electron chi connectivity index (χ4n) is 4.50. The molecule has 224 valence electrons. The third-order valence-electron chi connectivity index (χ3n) is 6.97. The van der Waals surface area contributed by atoms with E-state index in [0.29, 0.717) is 11.8 Å². The second-order valence-electron chi connectivity index (χ2n) is 10.0. The predicted octanol–water partition coefficient (Wildman–Crippen LogP) is -0.334. The van der Waals surface area contributed by atoms with Crippen molar-refractivity contribution in [3.8, 4) is 0 Å². The monoisotopic (exact) mass is 594 g/mol. The third-order valence-corrected chi connectivity index (χ3v) is 8.29. The van der Waals surface area contributed by atoms with Gasteiger partial charge in [0.25, 0.3) is 0 Å². The zero-order valence-corrected chi connectivity index (χ0v) is 23.2. The van der Waals surface area contributed by atoms with Crippen LogP contribution in [0.2, 0.25) is 0 Å². The Labute approximate surface area is 240 Å². The predicted molar refractivity (Wildman–Crippen MR) is 144 cm³/mol. The number of aryl methyl sites for hydroxylation is 2. The highest BCUT2D eigenvalue weighted by Crippen LogP contribution is 2.38. The number of hydrogen-bond acceptors (Lipinski definition) is 13. The van der Waals surface area contributed by atoms with Crippen molar-refractivity contribution < 1.29 is 59.2 Å². The summed E-state index contributed by atoms with van der Waals surface area (Å²) in [5, 5.41) is 63.0. The van der Waals surface area contributed by atoms with Gasteiger partial charge in [-0.05, 0) is 38.1 Å². The number of thioether (sulfide) groups is 1. The van der Waals surface area contributed by atoms with E-state index in [1.807, 2.05) is 13.8 Å². The SMILES string of the molecule is Cc1ccc(C(=O)O[C@H]2[C@@H](O)[C@@H](CO)O[C@@H](S[C@@H]3O[C@H](CO)[C@H](O)[C@H](OC(=O)c4ccc(C)cc4)[C@H]3O)[C@@H]2O)cc1. The van der Waals surface area contributed by atoms with Gasteiger partial charge in [-0.2, -0.15) is 0 Å². The van der Waals surface area contributed by atoms with E-state index in [9.17, 15) is 40.2 Å². The van der Waals surface area contributed by atoms with Gasteiger partial charge in [-0.25, -0.2) is 9.59 Å². The Kier molecular flexibility index (Phi) is 10.4. The maximum absolute atomic E-state index is 12.7. The van der Waals surface area contributed by atoms with Crippen LogP contribution >= 0.6 is 11.8 Å². The first-order valence-corrected chi connectivity index (χ1v) is 13.9. The van der Waals surface area contributed by atoms with E-state index in [0.717, 1.165) is 11.1 Å². The molecule has 0 bridgehead atoms. The highest BCUT2D eigenvalue weighted by molar-refractivity contribution is 8.00. The normalized spacial score (nSPS) is 33.7. The lowest BCUT2D eigenvalue weighted by Crippen LogP contribution is -2.62. The van der Waals surface area contributed by atoms with Gasteiger partial charge in [-0.15, -0.1) is 0 Å². The van der Waals surface area contributed by atoms with Gasteiger partial charge in [0.1, 0.15) is 47.5 Å². The minimum Gasteiger partial charge on any atom is -0.453 e. The molecule has 0 aliphatic carbocycles. The van der Waals surface area contributed by atoms with E-state index in [1.54, 1.807) is 24.3 Å². The second kappa shape index (κ2) is 13.6. The van der Waals surface area contributed by atoms with E-state index in [1.165, 1.54) is 24.3 Å². The molecule has 0 spiro atoms. The van der Waals surface area contributed by atoms with E-state index in [4.69, 9.17) is 18.9 Å². The number of esters is 2. The van der Waals surface area contributed by atoms with Crippen molar-refractivity contribution in [2.24, 2.45) is 0 Å². The summed E-state index contributed by atoms with van der Waals surface area (Å²) in [5.74, 6) is -1.65. The van der Waals surface area contributed by atoms with Crippen molar-refractivity contribution in [2.45, 2.75) is 73.6 Å². The zero-order chi connectivity index (χ0) is 29.8. The summed E-state index contributed by atoms with van der Waals surface area (Å²) >= 11 is 0.686. The standard InChI is InChI=1S/C28H34O12S/c1-13-3-7-15(8-4-13)25(35)39-23-19(31)17(11-29)37-27(21(23)33)41-28-22(34)24(20(32)18(12-30)38-28)40-26(36)16-9-5-14(2)6-10-16/h3-10,17-24,27-34H,11-12H2,1-2H3/t17-,18-,19+,20+,21-,22-,23+,24+,27+,28+/m1/s1. The maximum atomic E-state index is 12.7. The number of benzene rings is 2. The number of hydrogen-bond donors (Lipinski definition) is 6. The maximum Gasteiger partial charge on any atom is 0.338 e. The quantitative estimate of drug-likeness (QED) is 0.218. The van der Waals surface area contributed by atoms with Gasteiger partial charge in [0.15, 0.2) is 12.2 Å². The highest BCUT2D eigenvalue weighted by Gasteiger charge is 2.52. The van der Waals surface area contributed by atoms with Gasteiger partial charge >= 0.3 is 11.9 Å². The number of rotatable bonds is 8. The summed E-state index contributed by atoms with van der Waals surface area (Å²) in [6.07, 6.45) is -12.1. The van der Waals surface area contributed by atoms with Gasteiger partial charge in [-0.1, -0.05) is 47.2 Å². The molecule has 0 amide bonds. The summed E-state index contributed by atoms with van der Waals surface area (Å²) in [6, 6.07) is 12.9. The van der Waals surface area contributed by atoms with E-state index in [-0.39, 0.29) is 11.1 Å². The fraction of sp³-hybridized carbons (Fsp3) is 0.500. The molecule has 4 rings (SSSR count). The first kappa shape index (κ1) is 31.3. The van der Waals surface area contributed by atoms with E-state index in [2.05, 4.69) is 0 Å². The van der Waals surface area contributed by atoms with Gasteiger partial charge in [-0.3, -0.25) is 0 Å². The van der Waals surface area contributed by atoms with Crippen LogP contribution in [0, 0.1) is 13.8 Å². The van der Waals surface area contributed by atoms with Crippen LogP contribution in [0.5, 0.6) is 0 Å². The average molecular weight is 595 g/mol. The van der Waals surface area contributed by atoms with Crippen LogP contribution < -0.4 is 0 Å². The Morgan fingerprint density at radius 2 is 1.00 bits per heavy atom. The molecule has 0 saturated carbocycles. The highest BCUT2D eigenvalue weighted by atomic mass is 32.2. The average Bonchev–Trinajstić information content (AvgIpc) is 2.96. The Bertz CT molecular complexity index is 1080. The first-order chi connectivity index (χ1) is 19.5. The summed E-state index contributed by atoms with van der Waals surface area (Å²) in [5.41, 5.74) is -0.483. The van der Waals surface area contributed by atoms with Crippen LogP contribution in [0.15, 0.2) is 48.5 Å². The number of carbonyl (C=O) groups is 2. The van der Waals surface area contributed by atoms with Gasteiger partial charge in [0.05, 0.1) is 24.3 Å². The first-order valence-electron chi connectivity index (χ1n) is 13.0. The molecule has 2 aromatic carbocycles. The molecule has 2 aliphatic heterocycles. The summed E-state index contributed by atoms with van der Waals surface area (Å²) < 4.78 is 22.1. The van der Waals surface area contributed by atoms with Crippen LogP contribution in [0.25, 0.3) is 0 Å². The smallest absolute Gasteiger partial charge is 0.338 e. The van der Waals surface area contributed by atoms with Crippen LogP contribution in [0.4, 0.5) is 0 Å². The third kappa shape index (κ3) is 7.08. The number of carbonyl (C=O) groups excluding carboxylic acids is 2. The number of ether oxygens (including phenoxy) is 4. The van der Waals surface area contributed by atoms with Gasteiger partial charge in [0.2, 0.25) is 0 Å². The zero-order valence-electron chi connectivity index (χ0n) is 22.3. The van der Waals surface area contributed by atoms with Gasteiger partial charge < -0.3 is 49.6 Å². The molecule has 0 aromatic heterocycles. The van der Waals surface area contributed by atoms with E-state index >= 15 is 0 Å². The number of aliphatic hydroxyl groups excluding tert-OH is 6. The largest absolute Gasteiger partial charge is 0.453 e. The molecule has 2 saturated heterocycles. The summed E-state index contributed by atoms with van der Waals surface area (Å²) in [4.78, 5) is 25.5. The van der Waals surface area contributed by atoms with Crippen LogP contribution in [-0.4, -0.2) is 115 Å². The van der Waals surface area contributed by atoms with Crippen molar-refractivity contribution in [1.29, 1.82) is 0 Å². The summed E-state index contributed by atoms with van der Waals surface area (Å²) in [6.45, 7) is 2.30. The Balaban J connectivity index is 1.50. The summed E-state index contributed by atoms with van der Waals surface area (Å²) in [7, 11) is 0. The topological polar surface area (TPSA) is 192 Å². The van der Waals surface area contributed by atoms with E-state index < -0.39 is 84.9 Å². The lowest BCUT2D eigenvalue weighted by atomic mass is 9.99. The minimum atomic E-state index is -1.66. The second-order valence-corrected chi connectivity index (χ2v) is 11.2. The number of aliphatic hydroxyl groups is 6. The van der Waals surface area contributed by atoms with Crippen LogP contribution in [-0.2, 0) is 18.9 Å². The van der Waals surface area contributed by atoms with Crippen molar-refractivity contribution in [2.75, 3.05) is 13.2 Å². The molecule has 10 atom stereocenters. The Morgan fingerprint density at radius 1 is 0.659 bits per heavy atom. The van der Waals surface area contributed by atoms with Crippen molar-refractivity contribution >= 4 is 23.7 Å². The molecule has 2 aromatic rings. The lowest BCUT2D eigenvalue weighted by Gasteiger charge is -2.45. The minimum absolute atomic E-state index is 0.176. The molecule has 13 heteroatoms. The molecule has 6 N–H and O–H groups in total. The van der Waals surface area contributed by atoms with Crippen LogP contribution in [0.3, 0.4) is 0 Å². The molecular weight excluding hydrogens is 560 g/mol. The molecule has 12 nitrogen and oxygen atoms in total. The molecule has 0 unspecified atom stereocenters. The lowest BCUT2D eigenvalue weighted by molar-refractivity contribution is -0.215. The van der Waals surface area contributed by atoms with Crippen molar-refractivity contribution in [3.05, 3.63) is 70.8 Å². The fourth-order valence-corrected chi connectivity index (χ4v) is 5.81. The molecule has 2 heterocycles. The van der Waals surface area contributed by atoms with Crippen LogP contribution in [0.1, 0.15) is 31.8 Å². The molecule has 0 radical (unpaired) electrons. The molecule has 41 heavy (non-hydrogen) atoms.